The van der Waals surface area contributed by atoms with Crippen molar-refractivity contribution in [3.05, 3.63) is 77.4 Å². The van der Waals surface area contributed by atoms with Crippen LogP contribution in [-0.4, -0.2) is 27.7 Å². The summed E-state index contributed by atoms with van der Waals surface area (Å²) < 4.78 is 7.69. The van der Waals surface area contributed by atoms with E-state index in [1.165, 1.54) is 12.8 Å². The maximum absolute atomic E-state index is 6.05. The molecule has 0 unspecified atom stereocenters. The lowest BCUT2D eigenvalue weighted by Gasteiger charge is -2.20. The number of benzene rings is 2. The summed E-state index contributed by atoms with van der Waals surface area (Å²) in [6.45, 7) is 0.401. The number of nitrogens with one attached hydrogen (secondary N) is 1. The van der Waals surface area contributed by atoms with Crippen LogP contribution in [0.2, 0.25) is 5.02 Å². The molecule has 4 aromatic rings. The van der Waals surface area contributed by atoms with E-state index in [4.69, 9.17) is 16.3 Å². The van der Waals surface area contributed by atoms with Crippen molar-refractivity contribution in [3.63, 3.8) is 0 Å². The molecule has 1 aliphatic carbocycles. The number of hydrogen-bond donors (Lipinski definition) is 1. The van der Waals surface area contributed by atoms with Gasteiger partial charge in [-0.15, -0.1) is 5.10 Å². The Morgan fingerprint density at radius 3 is 2.73 bits per heavy atom. The number of hydrogen-bond acceptors (Lipinski definition) is 5. The average molecular weight is 420 g/mol. The van der Waals surface area contributed by atoms with Gasteiger partial charge in [0.05, 0.1) is 17.6 Å². The van der Waals surface area contributed by atoms with Gasteiger partial charge in [0.2, 0.25) is 5.88 Å². The van der Waals surface area contributed by atoms with Crippen LogP contribution in [0.15, 0.2) is 66.9 Å². The van der Waals surface area contributed by atoms with Crippen molar-refractivity contribution in [2.45, 2.75) is 25.5 Å². The van der Waals surface area contributed by atoms with Crippen LogP contribution in [0.3, 0.4) is 0 Å². The lowest BCUT2D eigenvalue weighted by Crippen LogP contribution is -2.35. The Bertz CT molecular complexity index is 1170. The molecule has 0 saturated heterocycles. The SMILES string of the molecule is CN(NC1CC1)c1ccc(-c2cnc3ccc(OCc4cccc(Cl)c4)nn23)cc1. The summed E-state index contributed by atoms with van der Waals surface area (Å²) >= 11 is 6.05. The zero-order valence-corrected chi connectivity index (χ0v) is 17.4. The van der Waals surface area contributed by atoms with Crippen LogP contribution in [0.1, 0.15) is 18.4 Å². The maximum atomic E-state index is 6.05. The molecule has 0 amide bonds. The topological polar surface area (TPSA) is 54.7 Å². The van der Waals surface area contributed by atoms with E-state index < -0.39 is 0 Å². The number of aromatic nitrogens is 3. The van der Waals surface area contributed by atoms with Crippen molar-refractivity contribution in [2.24, 2.45) is 0 Å². The van der Waals surface area contributed by atoms with Crippen LogP contribution in [0.25, 0.3) is 16.9 Å². The van der Waals surface area contributed by atoms with Gasteiger partial charge in [-0.05, 0) is 48.7 Å². The predicted molar refractivity (Wildman–Crippen MR) is 119 cm³/mol. The molecular weight excluding hydrogens is 398 g/mol. The zero-order chi connectivity index (χ0) is 20.5. The third-order valence-electron chi connectivity index (χ3n) is 5.12. The molecule has 0 bridgehead atoms. The summed E-state index contributed by atoms with van der Waals surface area (Å²) in [5, 5.41) is 7.40. The molecule has 2 aromatic carbocycles. The molecule has 1 N–H and O–H groups in total. The van der Waals surface area contributed by atoms with Crippen molar-refractivity contribution in [1.82, 2.24) is 20.0 Å². The smallest absolute Gasteiger partial charge is 0.232 e. The van der Waals surface area contributed by atoms with Gasteiger partial charge in [0.15, 0.2) is 5.65 Å². The standard InChI is InChI=1S/C23H22ClN5O/c1-28(26-19-7-8-19)20-9-5-17(6-10-20)21-14-25-22-11-12-23(27-29(21)22)30-15-16-3-2-4-18(24)13-16/h2-6,9-14,19,26H,7-8,15H2,1H3. The van der Waals surface area contributed by atoms with Gasteiger partial charge in [-0.3, -0.25) is 0 Å². The fourth-order valence-corrected chi connectivity index (χ4v) is 3.54. The maximum Gasteiger partial charge on any atom is 0.232 e. The third-order valence-corrected chi connectivity index (χ3v) is 5.35. The summed E-state index contributed by atoms with van der Waals surface area (Å²) in [5.41, 5.74) is 8.33. The Morgan fingerprint density at radius 1 is 1.13 bits per heavy atom. The summed E-state index contributed by atoms with van der Waals surface area (Å²) in [6, 6.07) is 20.4. The van der Waals surface area contributed by atoms with Gasteiger partial charge in [0.25, 0.3) is 0 Å². The van der Waals surface area contributed by atoms with Crippen LogP contribution in [0.5, 0.6) is 5.88 Å². The molecule has 2 heterocycles. The second-order valence-corrected chi connectivity index (χ2v) is 7.95. The number of halogens is 1. The van der Waals surface area contributed by atoms with Crippen molar-refractivity contribution in [2.75, 3.05) is 12.1 Å². The minimum absolute atomic E-state index is 0.401. The fourth-order valence-electron chi connectivity index (χ4n) is 3.33. The Kier molecular flexibility index (Phi) is 5.02. The lowest BCUT2D eigenvalue weighted by molar-refractivity contribution is 0.289. The van der Waals surface area contributed by atoms with E-state index in [2.05, 4.69) is 44.8 Å². The second kappa shape index (κ2) is 7.97. The van der Waals surface area contributed by atoms with Crippen LogP contribution < -0.4 is 15.2 Å². The molecule has 0 atom stereocenters. The fraction of sp³-hybridized carbons (Fsp3) is 0.217. The van der Waals surface area contributed by atoms with E-state index in [0.717, 1.165) is 28.2 Å². The molecule has 6 nitrogen and oxygen atoms in total. The minimum Gasteiger partial charge on any atom is -0.472 e. The Labute approximate surface area is 180 Å². The van der Waals surface area contributed by atoms with E-state index in [1.54, 1.807) is 0 Å². The van der Waals surface area contributed by atoms with E-state index in [9.17, 15) is 0 Å². The molecule has 152 valence electrons. The molecule has 2 aromatic heterocycles. The highest BCUT2D eigenvalue weighted by Gasteiger charge is 2.22. The van der Waals surface area contributed by atoms with E-state index in [1.807, 2.05) is 54.2 Å². The Hall–Kier alpha value is -3.09. The summed E-state index contributed by atoms with van der Waals surface area (Å²) in [7, 11) is 2.05. The number of nitrogens with zero attached hydrogens (tertiary/aromatic N) is 4. The first-order valence-electron chi connectivity index (χ1n) is 9.98. The number of rotatable bonds is 7. The third kappa shape index (κ3) is 4.10. The number of fused-ring (bicyclic) bond motifs is 1. The molecule has 0 aliphatic heterocycles. The van der Waals surface area contributed by atoms with Crippen LogP contribution in [-0.2, 0) is 6.61 Å². The van der Waals surface area contributed by atoms with Crippen molar-refractivity contribution in [3.8, 4) is 17.1 Å². The highest BCUT2D eigenvalue weighted by Crippen LogP contribution is 2.25. The van der Waals surface area contributed by atoms with Gasteiger partial charge in [-0.2, -0.15) is 0 Å². The first-order valence-corrected chi connectivity index (χ1v) is 10.4. The molecule has 0 radical (unpaired) electrons. The number of ether oxygens (including phenoxy) is 1. The molecular formula is C23H22ClN5O. The minimum atomic E-state index is 0.401. The highest BCUT2D eigenvalue weighted by molar-refractivity contribution is 6.30. The van der Waals surface area contributed by atoms with Crippen LogP contribution in [0.4, 0.5) is 5.69 Å². The predicted octanol–water partition coefficient (Wildman–Crippen LogP) is 4.73. The monoisotopic (exact) mass is 419 g/mol. The number of anilines is 1. The largest absolute Gasteiger partial charge is 0.472 e. The lowest BCUT2D eigenvalue weighted by atomic mass is 10.1. The van der Waals surface area contributed by atoms with Crippen molar-refractivity contribution in [1.29, 1.82) is 0 Å². The molecule has 1 aliphatic rings. The van der Waals surface area contributed by atoms with Gasteiger partial charge in [0, 0.05) is 29.7 Å². The van der Waals surface area contributed by atoms with Gasteiger partial charge in [0.1, 0.15) is 6.61 Å². The van der Waals surface area contributed by atoms with Crippen LogP contribution in [0, 0.1) is 0 Å². The van der Waals surface area contributed by atoms with Gasteiger partial charge in [-0.25, -0.2) is 14.9 Å². The van der Waals surface area contributed by atoms with Gasteiger partial charge >= 0.3 is 0 Å². The van der Waals surface area contributed by atoms with E-state index in [-0.39, 0.29) is 0 Å². The number of imidazole rings is 1. The molecule has 1 fully saturated rings. The quantitative estimate of drug-likeness (QED) is 0.439. The second-order valence-electron chi connectivity index (χ2n) is 7.51. The van der Waals surface area contributed by atoms with E-state index in [0.29, 0.717) is 23.6 Å². The first-order chi connectivity index (χ1) is 14.7. The Balaban J connectivity index is 1.36. The van der Waals surface area contributed by atoms with Gasteiger partial charge in [-0.1, -0.05) is 35.9 Å². The van der Waals surface area contributed by atoms with Crippen molar-refractivity contribution >= 4 is 22.9 Å². The summed E-state index contributed by atoms with van der Waals surface area (Å²) in [6.07, 6.45) is 4.33. The van der Waals surface area contributed by atoms with E-state index >= 15 is 0 Å². The van der Waals surface area contributed by atoms with Gasteiger partial charge < -0.3 is 9.75 Å². The molecule has 30 heavy (non-hydrogen) atoms. The molecule has 5 rings (SSSR count). The highest BCUT2D eigenvalue weighted by atomic mass is 35.5. The molecule has 0 spiro atoms. The molecule has 7 heteroatoms. The zero-order valence-electron chi connectivity index (χ0n) is 16.6. The normalized spacial score (nSPS) is 13.5. The first kappa shape index (κ1) is 18.9. The molecule has 1 saturated carbocycles. The van der Waals surface area contributed by atoms with Crippen molar-refractivity contribution < 1.29 is 4.74 Å². The Morgan fingerprint density at radius 2 is 1.97 bits per heavy atom. The summed E-state index contributed by atoms with van der Waals surface area (Å²) in [5.74, 6) is 0.534. The number of hydrazine groups is 1. The average Bonchev–Trinajstić information content (AvgIpc) is 3.48. The summed E-state index contributed by atoms with van der Waals surface area (Å²) in [4.78, 5) is 4.48. The van der Waals surface area contributed by atoms with Crippen LogP contribution >= 0.6 is 11.6 Å².